The van der Waals surface area contributed by atoms with Gasteiger partial charge in [0.1, 0.15) is 5.15 Å². The van der Waals surface area contributed by atoms with Gasteiger partial charge in [-0.3, -0.25) is 4.79 Å². The number of benzene rings is 1. The van der Waals surface area contributed by atoms with Crippen molar-refractivity contribution in [3.05, 3.63) is 63.9 Å². The number of Topliss-reactive ketones (excluding diaryl/α,β-unsaturated/α-hetero) is 1. The predicted molar refractivity (Wildman–Crippen MR) is 86.9 cm³/mol. The lowest BCUT2D eigenvalue weighted by Gasteiger charge is -2.13. The largest absolute Gasteiger partial charge is 0.451 e. The summed E-state index contributed by atoms with van der Waals surface area (Å²) in [6.45, 7) is 1.57. The topological polar surface area (TPSA) is 56.3 Å². The number of aromatic nitrogens is 1. The lowest BCUT2D eigenvalue weighted by Crippen LogP contribution is -2.24. The van der Waals surface area contributed by atoms with E-state index in [-0.39, 0.29) is 16.5 Å². The normalized spacial score (nSPS) is 14.2. The van der Waals surface area contributed by atoms with Crippen LogP contribution < -0.4 is 0 Å². The van der Waals surface area contributed by atoms with E-state index in [4.69, 9.17) is 16.3 Å². The molecule has 3 rings (SSSR count). The molecular formula is C18H16ClNO3. The summed E-state index contributed by atoms with van der Waals surface area (Å²) < 4.78 is 5.24. The first kappa shape index (κ1) is 15.7. The number of carbonyl (C=O) groups excluding carboxylic acids is 2. The van der Waals surface area contributed by atoms with Crippen LogP contribution in [0.25, 0.3) is 0 Å². The fourth-order valence-electron chi connectivity index (χ4n) is 2.78. The molecule has 1 aliphatic carbocycles. The molecule has 0 N–H and O–H groups in total. The third kappa shape index (κ3) is 3.27. The van der Waals surface area contributed by atoms with E-state index in [0.29, 0.717) is 5.56 Å². The molecule has 0 saturated heterocycles. The van der Waals surface area contributed by atoms with Gasteiger partial charge in [0.05, 0.1) is 5.56 Å². The Morgan fingerprint density at radius 3 is 2.78 bits per heavy atom. The van der Waals surface area contributed by atoms with Crippen molar-refractivity contribution < 1.29 is 14.3 Å². The fraction of sp³-hybridized carbons (Fsp3) is 0.278. The first-order valence-corrected chi connectivity index (χ1v) is 7.91. The molecule has 0 amide bonds. The van der Waals surface area contributed by atoms with Gasteiger partial charge >= 0.3 is 5.97 Å². The fourth-order valence-corrected chi connectivity index (χ4v) is 2.97. The van der Waals surface area contributed by atoms with Crippen molar-refractivity contribution in [1.29, 1.82) is 0 Å². The quantitative estimate of drug-likeness (QED) is 0.488. The van der Waals surface area contributed by atoms with Crippen molar-refractivity contribution in [2.45, 2.75) is 32.3 Å². The molecule has 0 aliphatic heterocycles. The van der Waals surface area contributed by atoms with Crippen molar-refractivity contribution in [2.75, 3.05) is 0 Å². The number of ether oxygens (including phenoxy) is 1. The minimum Gasteiger partial charge on any atom is -0.451 e. The summed E-state index contributed by atoms with van der Waals surface area (Å²) in [5.41, 5.74) is 3.24. The summed E-state index contributed by atoms with van der Waals surface area (Å²) in [5, 5.41) is 0.0645. The Balaban J connectivity index is 1.73. The molecule has 0 saturated carbocycles. The van der Waals surface area contributed by atoms with Crippen LogP contribution >= 0.6 is 11.6 Å². The Morgan fingerprint density at radius 1 is 1.22 bits per heavy atom. The minimum atomic E-state index is -0.877. The zero-order valence-electron chi connectivity index (χ0n) is 12.7. The second kappa shape index (κ2) is 6.50. The smallest absolute Gasteiger partial charge is 0.341 e. The van der Waals surface area contributed by atoms with Crippen LogP contribution in [0.5, 0.6) is 0 Å². The maximum Gasteiger partial charge on any atom is 0.341 e. The second-order valence-corrected chi connectivity index (χ2v) is 5.95. The third-order valence-electron chi connectivity index (χ3n) is 4.02. The molecule has 5 heteroatoms. The highest BCUT2D eigenvalue weighted by Crippen LogP contribution is 2.24. The molecule has 1 aliphatic rings. The van der Waals surface area contributed by atoms with E-state index < -0.39 is 12.1 Å². The van der Waals surface area contributed by atoms with Crippen LogP contribution in [0, 0.1) is 0 Å². The lowest BCUT2D eigenvalue weighted by atomic mass is 10.0. The van der Waals surface area contributed by atoms with Gasteiger partial charge in [0.2, 0.25) is 5.78 Å². The number of hydrogen-bond donors (Lipinski definition) is 0. The molecule has 0 fully saturated rings. The number of hydrogen-bond acceptors (Lipinski definition) is 4. The van der Waals surface area contributed by atoms with E-state index >= 15 is 0 Å². The van der Waals surface area contributed by atoms with Gasteiger partial charge in [-0.25, -0.2) is 9.78 Å². The Kier molecular flexibility index (Phi) is 4.44. The number of nitrogens with zero attached hydrogens (tertiary/aromatic N) is 1. The summed E-state index contributed by atoms with van der Waals surface area (Å²) in [5.74, 6) is -0.863. The van der Waals surface area contributed by atoms with Gasteiger partial charge in [-0.1, -0.05) is 23.7 Å². The van der Waals surface area contributed by atoms with Crippen molar-refractivity contribution in [3.8, 4) is 0 Å². The number of carbonyl (C=O) groups is 2. The first-order chi connectivity index (χ1) is 11.1. The zero-order chi connectivity index (χ0) is 16.4. The highest BCUT2D eigenvalue weighted by molar-refractivity contribution is 6.32. The Hall–Kier alpha value is -2.20. The molecule has 0 bridgehead atoms. The molecule has 2 aromatic rings. The Morgan fingerprint density at radius 2 is 2.00 bits per heavy atom. The number of pyridine rings is 1. The highest BCUT2D eigenvalue weighted by atomic mass is 35.5. The molecule has 4 nitrogen and oxygen atoms in total. The van der Waals surface area contributed by atoms with Crippen LogP contribution in [0.4, 0.5) is 0 Å². The van der Waals surface area contributed by atoms with Crippen LogP contribution in [0.1, 0.15) is 45.2 Å². The summed E-state index contributed by atoms with van der Waals surface area (Å²) in [7, 11) is 0. The lowest BCUT2D eigenvalue weighted by molar-refractivity contribution is 0.0318. The number of rotatable bonds is 4. The number of ketones is 1. The molecule has 1 aromatic heterocycles. The van der Waals surface area contributed by atoms with Crippen LogP contribution in [-0.2, 0) is 17.6 Å². The summed E-state index contributed by atoms with van der Waals surface area (Å²) in [6.07, 6.45) is 3.79. The molecule has 0 radical (unpaired) electrons. The minimum absolute atomic E-state index is 0.0645. The van der Waals surface area contributed by atoms with Gasteiger partial charge in [-0.05, 0) is 55.5 Å². The number of fused-ring (bicyclic) bond motifs is 1. The van der Waals surface area contributed by atoms with Gasteiger partial charge in [0, 0.05) is 11.8 Å². The molecule has 23 heavy (non-hydrogen) atoms. The molecule has 1 heterocycles. The van der Waals surface area contributed by atoms with Crippen LogP contribution in [0.2, 0.25) is 5.15 Å². The summed E-state index contributed by atoms with van der Waals surface area (Å²) in [6, 6.07) is 8.81. The van der Waals surface area contributed by atoms with Crippen molar-refractivity contribution in [1.82, 2.24) is 4.98 Å². The average molecular weight is 330 g/mol. The summed E-state index contributed by atoms with van der Waals surface area (Å²) >= 11 is 5.87. The number of esters is 1. The molecule has 1 aromatic carbocycles. The van der Waals surface area contributed by atoms with E-state index in [9.17, 15) is 9.59 Å². The molecule has 1 atom stereocenters. The van der Waals surface area contributed by atoms with Gasteiger partial charge in [0.25, 0.3) is 0 Å². The molecule has 0 spiro atoms. The summed E-state index contributed by atoms with van der Waals surface area (Å²) in [4.78, 5) is 28.4. The van der Waals surface area contributed by atoms with Crippen molar-refractivity contribution in [2.24, 2.45) is 0 Å². The maximum atomic E-state index is 12.5. The van der Waals surface area contributed by atoms with E-state index in [1.54, 1.807) is 19.1 Å². The van der Waals surface area contributed by atoms with Gasteiger partial charge in [-0.15, -0.1) is 0 Å². The van der Waals surface area contributed by atoms with Gasteiger partial charge in [0.15, 0.2) is 6.10 Å². The van der Waals surface area contributed by atoms with E-state index in [0.717, 1.165) is 19.3 Å². The monoisotopic (exact) mass is 329 g/mol. The average Bonchev–Trinajstić information content (AvgIpc) is 3.01. The van der Waals surface area contributed by atoms with E-state index in [1.165, 1.54) is 23.4 Å². The standard InChI is InChI=1S/C18H16ClNO3/c1-11(23-18(22)15-6-3-9-20-17(15)19)16(21)14-8-7-12-4-2-5-13(12)10-14/h3,6-11H,2,4-5H2,1H3/t11-/m0/s1. The first-order valence-electron chi connectivity index (χ1n) is 7.54. The molecule has 0 unspecified atom stereocenters. The maximum absolute atomic E-state index is 12.5. The van der Waals surface area contributed by atoms with E-state index in [2.05, 4.69) is 4.98 Å². The SMILES string of the molecule is C[C@H](OC(=O)c1cccnc1Cl)C(=O)c1ccc2c(c1)CCC2. The molecule has 118 valence electrons. The van der Waals surface area contributed by atoms with Crippen molar-refractivity contribution >= 4 is 23.4 Å². The third-order valence-corrected chi connectivity index (χ3v) is 4.32. The second-order valence-electron chi connectivity index (χ2n) is 5.59. The predicted octanol–water partition coefficient (Wildman–Crippen LogP) is 3.65. The van der Waals surface area contributed by atoms with Gasteiger partial charge in [-0.2, -0.15) is 0 Å². The molecular weight excluding hydrogens is 314 g/mol. The number of aryl methyl sites for hydroxylation is 2. The Labute approximate surface area is 139 Å². The van der Waals surface area contributed by atoms with Crippen LogP contribution in [0.15, 0.2) is 36.5 Å². The highest BCUT2D eigenvalue weighted by Gasteiger charge is 2.23. The number of halogens is 1. The van der Waals surface area contributed by atoms with Gasteiger partial charge < -0.3 is 4.74 Å². The van der Waals surface area contributed by atoms with E-state index in [1.807, 2.05) is 12.1 Å². The Bertz CT molecular complexity index is 773. The van der Waals surface area contributed by atoms with Crippen LogP contribution in [-0.4, -0.2) is 22.8 Å². The van der Waals surface area contributed by atoms with Crippen molar-refractivity contribution in [3.63, 3.8) is 0 Å². The zero-order valence-corrected chi connectivity index (χ0v) is 13.5. The van der Waals surface area contributed by atoms with Crippen LogP contribution in [0.3, 0.4) is 0 Å².